The highest BCUT2D eigenvalue weighted by Crippen LogP contribution is 2.41. The van der Waals surface area contributed by atoms with Crippen LogP contribution in [0.5, 0.6) is 0 Å². The largest absolute Gasteiger partial charge is 0.413 e. The third-order valence-corrected chi connectivity index (χ3v) is 11.4. The van der Waals surface area contributed by atoms with E-state index in [1.807, 2.05) is 23.6 Å². The molecule has 0 aliphatic carbocycles. The SMILES string of the molecule is C=C[C@H]([C@H](CCCCCCCC)O[Si](C)(C)C(C)(C)C)[C@@H](O)c1cccs1. The van der Waals surface area contributed by atoms with Crippen LogP contribution < -0.4 is 0 Å². The topological polar surface area (TPSA) is 29.5 Å². The number of hydrogen-bond acceptors (Lipinski definition) is 3. The molecule has 1 rings (SSSR count). The highest BCUT2D eigenvalue weighted by molar-refractivity contribution is 7.10. The molecule has 0 amide bonds. The van der Waals surface area contributed by atoms with Gasteiger partial charge in [0.05, 0.1) is 12.2 Å². The Morgan fingerprint density at radius 3 is 2.33 bits per heavy atom. The van der Waals surface area contributed by atoms with Gasteiger partial charge < -0.3 is 9.53 Å². The summed E-state index contributed by atoms with van der Waals surface area (Å²) in [6.07, 6.45) is 10.1. The first kappa shape index (κ1) is 24.6. The fourth-order valence-corrected chi connectivity index (χ4v) is 5.30. The van der Waals surface area contributed by atoms with Gasteiger partial charge in [0.25, 0.3) is 0 Å². The molecule has 3 atom stereocenters. The van der Waals surface area contributed by atoms with Gasteiger partial charge in [0, 0.05) is 10.8 Å². The number of aliphatic hydroxyl groups excluding tert-OH is 1. The molecule has 0 saturated heterocycles. The van der Waals surface area contributed by atoms with E-state index >= 15 is 0 Å². The van der Waals surface area contributed by atoms with E-state index in [0.717, 1.165) is 17.7 Å². The van der Waals surface area contributed by atoms with E-state index in [0.29, 0.717) is 0 Å². The minimum absolute atomic E-state index is 0.0340. The first-order chi connectivity index (χ1) is 12.6. The molecular formula is C23H42O2SSi. The van der Waals surface area contributed by atoms with E-state index in [1.165, 1.54) is 32.1 Å². The molecule has 0 aliphatic rings. The van der Waals surface area contributed by atoms with E-state index in [4.69, 9.17) is 4.43 Å². The predicted octanol–water partition coefficient (Wildman–Crippen LogP) is 7.72. The van der Waals surface area contributed by atoms with Crippen molar-refractivity contribution in [3.05, 3.63) is 35.0 Å². The Hall–Kier alpha value is -0.423. The summed E-state index contributed by atoms with van der Waals surface area (Å²) in [4.78, 5) is 1.01. The molecule has 0 spiro atoms. The molecule has 1 N–H and O–H groups in total. The first-order valence-electron chi connectivity index (χ1n) is 10.7. The van der Waals surface area contributed by atoms with Gasteiger partial charge in [0.2, 0.25) is 0 Å². The Bertz CT molecular complexity index is 519. The van der Waals surface area contributed by atoms with Gasteiger partial charge in [-0.05, 0) is 36.0 Å². The minimum atomic E-state index is -1.91. The van der Waals surface area contributed by atoms with Gasteiger partial charge in [-0.3, -0.25) is 0 Å². The van der Waals surface area contributed by atoms with Gasteiger partial charge in [0.15, 0.2) is 8.32 Å². The van der Waals surface area contributed by atoms with Crippen molar-refractivity contribution in [2.24, 2.45) is 5.92 Å². The maximum Gasteiger partial charge on any atom is 0.192 e. The highest BCUT2D eigenvalue weighted by atomic mass is 32.1. The lowest BCUT2D eigenvalue weighted by Crippen LogP contribution is -2.46. The first-order valence-corrected chi connectivity index (χ1v) is 14.4. The summed E-state index contributed by atoms with van der Waals surface area (Å²) >= 11 is 1.61. The van der Waals surface area contributed by atoms with Gasteiger partial charge >= 0.3 is 0 Å². The molecule has 1 heterocycles. The molecule has 0 unspecified atom stereocenters. The number of unbranched alkanes of at least 4 members (excludes halogenated alkanes) is 5. The molecule has 1 aromatic rings. The second kappa shape index (κ2) is 11.5. The van der Waals surface area contributed by atoms with Crippen molar-refractivity contribution >= 4 is 19.7 Å². The highest BCUT2D eigenvalue weighted by Gasteiger charge is 2.41. The van der Waals surface area contributed by atoms with Crippen LogP contribution in [-0.2, 0) is 4.43 Å². The quantitative estimate of drug-likeness (QED) is 0.205. The number of rotatable bonds is 13. The number of aliphatic hydroxyl groups is 1. The van der Waals surface area contributed by atoms with Crippen LogP contribution in [0, 0.1) is 5.92 Å². The van der Waals surface area contributed by atoms with E-state index in [2.05, 4.69) is 47.4 Å². The minimum Gasteiger partial charge on any atom is -0.413 e. The number of thiophene rings is 1. The van der Waals surface area contributed by atoms with Crippen molar-refractivity contribution in [1.82, 2.24) is 0 Å². The second-order valence-electron chi connectivity index (χ2n) is 9.25. The van der Waals surface area contributed by atoms with Crippen molar-refractivity contribution in [1.29, 1.82) is 0 Å². The number of hydrogen-bond donors (Lipinski definition) is 1. The molecule has 0 aromatic carbocycles. The van der Waals surface area contributed by atoms with Crippen LogP contribution in [0.1, 0.15) is 83.6 Å². The third kappa shape index (κ3) is 7.84. The molecule has 27 heavy (non-hydrogen) atoms. The Balaban J connectivity index is 2.85. The standard InChI is InChI=1S/C23H42O2SSi/c1-8-10-11-12-13-14-16-20(25-27(6,7)23(3,4)5)19(9-2)22(24)21-17-15-18-26-21/h9,15,17-20,22,24H,2,8,10-14,16H2,1,3-7H3/t19-,20+,22-/m1/s1. The van der Waals surface area contributed by atoms with Crippen LogP contribution in [0.15, 0.2) is 30.2 Å². The zero-order valence-electron chi connectivity index (χ0n) is 18.5. The molecule has 0 bridgehead atoms. The maximum absolute atomic E-state index is 11.0. The normalized spacial score (nSPS) is 16.1. The Kier molecular flexibility index (Phi) is 10.5. The summed E-state index contributed by atoms with van der Waals surface area (Å²) < 4.78 is 6.81. The predicted molar refractivity (Wildman–Crippen MR) is 123 cm³/mol. The van der Waals surface area contributed by atoms with Crippen LogP contribution >= 0.6 is 11.3 Å². The Morgan fingerprint density at radius 2 is 1.81 bits per heavy atom. The van der Waals surface area contributed by atoms with Gasteiger partial charge in [0.1, 0.15) is 0 Å². The summed E-state index contributed by atoms with van der Waals surface area (Å²) in [5, 5.41) is 13.2. The van der Waals surface area contributed by atoms with Crippen molar-refractivity contribution in [3.8, 4) is 0 Å². The lowest BCUT2D eigenvalue weighted by Gasteiger charge is -2.42. The van der Waals surface area contributed by atoms with Crippen LogP contribution in [0.3, 0.4) is 0 Å². The van der Waals surface area contributed by atoms with E-state index in [-0.39, 0.29) is 17.1 Å². The van der Waals surface area contributed by atoms with Gasteiger partial charge in [-0.2, -0.15) is 0 Å². The van der Waals surface area contributed by atoms with E-state index < -0.39 is 14.4 Å². The third-order valence-electron chi connectivity index (χ3n) is 6.00. The summed E-state index contributed by atoms with van der Waals surface area (Å²) in [5.74, 6) is -0.0617. The van der Waals surface area contributed by atoms with Crippen LogP contribution in [0.25, 0.3) is 0 Å². The van der Waals surface area contributed by atoms with E-state index in [9.17, 15) is 5.11 Å². The average molecular weight is 411 g/mol. The summed E-state index contributed by atoms with van der Waals surface area (Å²) in [6.45, 7) is 17.7. The van der Waals surface area contributed by atoms with Gasteiger partial charge in [-0.1, -0.05) is 78.4 Å². The van der Waals surface area contributed by atoms with E-state index in [1.54, 1.807) is 11.3 Å². The zero-order valence-corrected chi connectivity index (χ0v) is 20.3. The van der Waals surface area contributed by atoms with Gasteiger partial charge in [-0.25, -0.2) is 0 Å². The zero-order chi connectivity index (χ0) is 20.5. The van der Waals surface area contributed by atoms with Crippen molar-refractivity contribution in [2.75, 3.05) is 0 Å². The molecule has 0 fully saturated rings. The second-order valence-corrected chi connectivity index (χ2v) is 15.0. The van der Waals surface area contributed by atoms with Crippen molar-refractivity contribution in [2.45, 2.75) is 103 Å². The molecular weight excluding hydrogens is 368 g/mol. The van der Waals surface area contributed by atoms with Crippen LogP contribution in [0.4, 0.5) is 0 Å². The Morgan fingerprint density at radius 1 is 1.19 bits per heavy atom. The molecule has 0 radical (unpaired) electrons. The van der Waals surface area contributed by atoms with Gasteiger partial charge in [-0.15, -0.1) is 17.9 Å². The molecule has 0 saturated carbocycles. The van der Waals surface area contributed by atoms with Crippen LogP contribution in [-0.4, -0.2) is 19.5 Å². The molecule has 1 aromatic heterocycles. The molecule has 156 valence electrons. The van der Waals surface area contributed by atoms with Crippen molar-refractivity contribution < 1.29 is 9.53 Å². The summed E-state index contributed by atoms with van der Waals surface area (Å²) in [5.41, 5.74) is 0. The summed E-state index contributed by atoms with van der Waals surface area (Å²) in [6, 6.07) is 4.01. The lowest BCUT2D eigenvalue weighted by atomic mass is 9.91. The van der Waals surface area contributed by atoms with Crippen molar-refractivity contribution in [3.63, 3.8) is 0 Å². The van der Waals surface area contributed by atoms with Crippen LogP contribution in [0.2, 0.25) is 18.1 Å². The smallest absolute Gasteiger partial charge is 0.192 e. The lowest BCUT2D eigenvalue weighted by molar-refractivity contribution is 0.0386. The maximum atomic E-state index is 11.0. The monoisotopic (exact) mass is 410 g/mol. The summed E-state index contributed by atoms with van der Waals surface area (Å²) in [7, 11) is -1.91. The molecule has 4 heteroatoms. The molecule has 0 aliphatic heterocycles. The Labute approximate surface area is 173 Å². The molecule has 2 nitrogen and oxygen atoms in total. The fraction of sp³-hybridized carbons (Fsp3) is 0.739. The fourth-order valence-electron chi connectivity index (χ4n) is 3.14. The average Bonchev–Trinajstić information content (AvgIpc) is 3.11.